The molecule has 1 aromatic rings. The van der Waals surface area contributed by atoms with Crippen molar-refractivity contribution in [3.63, 3.8) is 0 Å². The summed E-state index contributed by atoms with van der Waals surface area (Å²) in [4.78, 5) is 16.2. The molecule has 2 N–H and O–H groups in total. The average molecular weight is 260 g/mol. The lowest BCUT2D eigenvalue weighted by atomic mass is 9.88. The zero-order valence-electron chi connectivity index (χ0n) is 11.8. The first-order chi connectivity index (χ1) is 8.86. The maximum Gasteiger partial charge on any atom is 0.252 e. The fraction of sp³-hybridized carbons (Fsp3) is 0.467. The Hall–Kier alpha value is -1.86. The van der Waals surface area contributed by atoms with Crippen LogP contribution in [0.4, 0.5) is 0 Å². The first kappa shape index (κ1) is 15.2. The lowest BCUT2D eigenvalue weighted by Crippen LogP contribution is -2.41. The Balaban J connectivity index is 2.94. The molecule has 0 aliphatic carbocycles. The fourth-order valence-corrected chi connectivity index (χ4v) is 1.32. The summed E-state index contributed by atoms with van der Waals surface area (Å²) in [7, 11) is 0. The molecule has 4 heteroatoms. The third kappa shape index (κ3) is 4.38. The number of nitrogens with one attached hydrogen (secondary N) is 1. The molecule has 0 saturated carbocycles. The van der Waals surface area contributed by atoms with Crippen molar-refractivity contribution in [1.29, 1.82) is 0 Å². The topological polar surface area (TPSA) is 62.2 Å². The van der Waals surface area contributed by atoms with Gasteiger partial charge in [0.2, 0.25) is 0 Å². The number of aliphatic hydroxyl groups is 1. The molecular weight excluding hydrogens is 240 g/mol. The highest BCUT2D eigenvalue weighted by molar-refractivity contribution is 5.96. The molecule has 102 valence electrons. The number of aliphatic hydroxyl groups excluding tert-OH is 1. The van der Waals surface area contributed by atoms with E-state index in [1.165, 1.54) is 6.20 Å². The van der Waals surface area contributed by atoms with E-state index < -0.39 is 0 Å². The van der Waals surface area contributed by atoms with Crippen LogP contribution in [0.15, 0.2) is 18.5 Å². The van der Waals surface area contributed by atoms with E-state index in [0.29, 0.717) is 11.1 Å². The standard InChI is InChI=1S/C15H20N2O2/c1-11(15(2,3)4)17-14(19)13-7-8-16-10-12(13)6-5-9-18/h7-8,10-11,18H,9H2,1-4H3,(H,17,19). The average Bonchev–Trinajstić information content (AvgIpc) is 2.35. The van der Waals surface area contributed by atoms with Gasteiger partial charge in [0.15, 0.2) is 0 Å². The van der Waals surface area contributed by atoms with Crippen molar-refractivity contribution >= 4 is 5.91 Å². The van der Waals surface area contributed by atoms with Gasteiger partial charge in [-0.3, -0.25) is 9.78 Å². The normalized spacial score (nSPS) is 12.3. The molecule has 1 heterocycles. The highest BCUT2D eigenvalue weighted by Gasteiger charge is 2.22. The van der Waals surface area contributed by atoms with E-state index >= 15 is 0 Å². The van der Waals surface area contributed by atoms with Gasteiger partial charge in [-0.05, 0) is 18.4 Å². The Morgan fingerprint density at radius 2 is 2.21 bits per heavy atom. The van der Waals surface area contributed by atoms with Gasteiger partial charge in [0.25, 0.3) is 5.91 Å². The van der Waals surface area contributed by atoms with Crippen molar-refractivity contribution in [3.05, 3.63) is 29.6 Å². The summed E-state index contributed by atoms with van der Waals surface area (Å²) >= 11 is 0. The minimum absolute atomic E-state index is 0.0143. The van der Waals surface area contributed by atoms with Gasteiger partial charge < -0.3 is 10.4 Å². The van der Waals surface area contributed by atoms with Gasteiger partial charge in [-0.1, -0.05) is 32.6 Å². The van der Waals surface area contributed by atoms with Gasteiger partial charge in [-0.2, -0.15) is 0 Å². The van der Waals surface area contributed by atoms with E-state index in [1.54, 1.807) is 12.3 Å². The smallest absolute Gasteiger partial charge is 0.252 e. The highest BCUT2D eigenvalue weighted by atomic mass is 16.2. The summed E-state index contributed by atoms with van der Waals surface area (Å²) in [5.41, 5.74) is 0.988. The molecule has 0 aliphatic rings. The van der Waals surface area contributed by atoms with Gasteiger partial charge in [0.1, 0.15) is 6.61 Å². The van der Waals surface area contributed by atoms with Gasteiger partial charge in [-0.25, -0.2) is 0 Å². The number of rotatable bonds is 2. The summed E-state index contributed by atoms with van der Waals surface area (Å²) in [6.45, 7) is 7.93. The minimum atomic E-state index is -0.242. The second-order valence-electron chi connectivity index (χ2n) is 5.44. The van der Waals surface area contributed by atoms with Crippen molar-refractivity contribution < 1.29 is 9.90 Å². The zero-order valence-corrected chi connectivity index (χ0v) is 11.8. The largest absolute Gasteiger partial charge is 0.384 e. The molecule has 0 fully saturated rings. The van der Waals surface area contributed by atoms with Crippen LogP contribution in [-0.4, -0.2) is 28.6 Å². The van der Waals surface area contributed by atoms with E-state index in [2.05, 4.69) is 42.9 Å². The summed E-state index contributed by atoms with van der Waals surface area (Å²) < 4.78 is 0. The second kappa shape index (κ2) is 6.35. The van der Waals surface area contributed by atoms with E-state index in [-0.39, 0.29) is 24.0 Å². The van der Waals surface area contributed by atoms with Gasteiger partial charge in [0, 0.05) is 18.4 Å². The number of nitrogens with zero attached hydrogens (tertiary/aromatic N) is 1. The molecule has 0 saturated heterocycles. The Morgan fingerprint density at radius 1 is 1.53 bits per heavy atom. The van der Waals surface area contributed by atoms with Crippen LogP contribution in [0, 0.1) is 17.3 Å². The number of aromatic nitrogens is 1. The van der Waals surface area contributed by atoms with Crippen molar-refractivity contribution in [2.24, 2.45) is 5.41 Å². The van der Waals surface area contributed by atoms with E-state index in [9.17, 15) is 4.79 Å². The predicted molar refractivity (Wildman–Crippen MR) is 74.6 cm³/mol. The molecule has 1 amide bonds. The van der Waals surface area contributed by atoms with Crippen molar-refractivity contribution in [2.45, 2.75) is 33.7 Å². The summed E-state index contributed by atoms with van der Waals surface area (Å²) in [5.74, 6) is 5.09. The van der Waals surface area contributed by atoms with Crippen LogP contribution in [-0.2, 0) is 0 Å². The lowest BCUT2D eigenvalue weighted by molar-refractivity contribution is 0.0910. The molecule has 0 aromatic carbocycles. The van der Waals surface area contributed by atoms with Crippen LogP contribution >= 0.6 is 0 Å². The molecule has 1 rings (SSSR count). The van der Waals surface area contributed by atoms with Gasteiger partial charge >= 0.3 is 0 Å². The number of carbonyl (C=O) groups is 1. The summed E-state index contributed by atoms with van der Waals surface area (Å²) in [6.07, 6.45) is 3.08. The maximum atomic E-state index is 12.2. The van der Waals surface area contributed by atoms with Crippen LogP contribution < -0.4 is 5.32 Å². The summed E-state index contributed by atoms with van der Waals surface area (Å²) in [6, 6.07) is 1.67. The molecule has 1 unspecified atom stereocenters. The predicted octanol–water partition coefficient (Wildman–Crippen LogP) is 1.59. The zero-order chi connectivity index (χ0) is 14.5. The molecule has 0 spiro atoms. The third-order valence-corrected chi connectivity index (χ3v) is 3.01. The summed E-state index contributed by atoms with van der Waals surface area (Å²) in [5, 5.41) is 11.7. The van der Waals surface area contributed by atoms with Crippen LogP contribution in [0.25, 0.3) is 0 Å². The molecule has 0 bridgehead atoms. The number of amides is 1. The maximum absolute atomic E-state index is 12.2. The van der Waals surface area contributed by atoms with Gasteiger partial charge in [-0.15, -0.1) is 0 Å². The number of pyridine rings is 1. The van der Waals surface area contributed by atoms with Crippen LogP contribution in [0.5, 0.6) is 0 Å². The fourth-order valence-electron chi connectivity index (χ4n) is 1.32. The number of hydrogen-bond acceptors (Lipinski definition) is 3. The number of hydrogen-bond donors (Lipinski definition) is 2. The molecule has 1 atom stereocenters. The SMILES string of the molecule is CC(NC(=O)c1ccncc1C#CCO)C(C)(C)C. The Morgan fingerprint density at radius 3 is 2.79 bits per heavy atom. The Kier molecular flexibility index (Phi) is 5.08. The van der Waals surface area contributed by atoms with E-state index in [4.69, 9.17) is 5.11 Å². The quantitative estimate of drug-likeness (QED) is 0.794. The van der Waals surface area contributed by atoms with Crippen LogP contribution in [0.3, 0.4) is 0 Å². The van der Waals surface area contributed by atoms with Crippen molar-refractivity contribution in [3.8, 4) is 11.8 Å². The molecule has 4 nitrogen and oxygen atoms in total. The first-order valence-electron chi connectivity index (χ1n) is 6.21. The van der Waals surface area contributed by atoms with Crippen molar-refractivity contribution in [1.82, 2.24) is 10.3 Å². The lowest BCUT2D eigenvalue weighted by Gasteiger charge is -2.28. The Labute approximate surface area is 114 Å². The van der Waals surface area contributed by atoms with Crippen LogP contribution in [0.1, 0.15) is 43.6 Å². The molecular formula is C15H20N2O2. The molecule has 19 heavy (non-hydrogen) atoms. The number of carbonyl (C=O) groups excluding carboxylic acids is 1. The van der Waals surface area contributed by atoms with Gasteiger partial charge in [0.05, 0.1) is 11.1 Å². The Bertz CT molecular complexity index is 507. The highest BCUT2D eigenvalue weighted by Crippen LogP contribution is 2.19. The molecule has 0 aliphatic heterocycles. The monoisotopic (exact) mass is 260 g/mol. The van der Waals surface area contributed by atoms with E-state index in [1.807, 2.05) is 6.92 Å². The van der Waals surface area contributed by atoms with E-state index in [0.717, 1.165) is 0 Å². The third-order valence-electron chi connectivity index (χ3n) is 3.01. The minimum Gasteiger partial charge on any atom is -0.384 e. The van der Waals surface area contributed by atoms with Crippen LogP contribution in [0.2, 0.25) is 0 Å². The second-order valence-corrected chi connectivity index (χ2v) is 5.44. The van der Waals surface area contributed by atoms with Crippen molar-refractivity contribution in [2.75, 3.05) is 6.61 Å². The molecule has 1 aromatic heterocycles. The molecule has 0 radical (unpaired) electrons. The first-order valence-corrected chi connectivity index (χ1v) is 6.21.